The number of nitrogens with zero attached hydrogens (tertiary/aromatic N) is 4. The van der Waals surface area contributed by atoms with E-state index in [2.05, 4.69) is 4.98 Å². The van der Waals surface area contributed by atoms with Crippen LogP contribution < -0.4 is 10.5 Å². The van der Waals surface area contributed by atoms with E-state index in [0.29, 0.717) is 28.0 Å². The van der Waals surface area contributed by atoms with Crippen LogP contribution in [0.4, 0.5) is 15.2 Å². The number of aryl methyl sites for hydroxylation is 2. The normalized spacial score (nSPS) is 11.3. The quantitative estimate of drug-likeness (QED) is 0.258. The molecule has 4 rings (SSSR count). The minimum Gasteiger partial charge on any atom is -0.287 e. The third-order valence-corrected chi connectivity index (χ3v) is 8.04. The highest BCUT2D eigenvalue weighted by molar-refractivity contribution is 7.98. The molecule has 0 saturated heterocycles. The van der Waals surface area contributed by atoms with Crippen molar-refractivity contribution in [2.24, 2.45) is 0 Å². The Morgan fingerprint density at radius 3 is 2.69 bits per heavy atom. The van der Waals surface area contributed by atoms with E-state index in [1.165, 1.54) is 52.3 Å². The van der Waals surface area contributed by atoms with Crippen LogP contribution in [0, 0.1) is 19.7 Å². The fourth-order valence-electron chi connectivity index (χ4n) is 3.34. The van der Waals surface area contributed by atoms with Crippen LogP contribution in [-0.4, -0.2) is 20.4 Å². The summed E-state index contributed by atoms with van der Waals surface area (Å²) in [4.78, 5) is 37.6. The molecular formula is C22H21FN4O2S3. The van der Waals surface area contributed by atoms with Crippen LogP contribution in [0.2, 0.25) is 0 Å². The van der Waals surface area contributed by atoms with Gasteiger partial charge in [-0.25, -0.2) is 14.4 Å². The molecule has 0 aliphatic rings. The lowest BCUT2D eigenvalue weighted by Gasteiger charge is -2.18. The zero-order valence-corrected chi connectivity index (χ0v) is 20.5. The minimum atomic E-state index is -0.486. The van der Waals surface area contributed by atoms with Gasteiger partial charge in [0, 0.05) is 29.5 Å². The number of amides is 1. The van der Waals surface area contributed by atoms with Crippen molar-refractivity contribution in [3.63, 3.8) is 0 Å². The molecule has 32 heavy (non-hydrogen) atoms. The summed E-state index contributed by atoms with van der Waals surface area (Å²) in [7, 11) is 0. The molecule has 3 aromatic heterocycles. The second-order valence-corrected chi connectivity index (χ2v) is 10.1. The van der Waals surface area contributed by atoms with Crippen molar-refractivity contribution in [1.29, 1.82) is 0 Å². The molecule has 0 fully saturated rings. The third-order valence-electron chi connectivity index (χ3n) is 5.06. The molecule has 0 aliphatic carbocycles. The molecule has 0 atom stereocenters. The summed E-state index contributed by atoms with van der Waals surface area (Å²) in [5.41, 5.74) is 1.86. The van der Waals surface area contributed by atoms with Gasteiger partial charge in [0.2, 0.25) is 5.91 Å². The van der Waals surface area contributed by atoms with Gasteiger partial charge in [-0.05, 0) is 38.5 Å². The SMILES string of the molecule is CCn1c(SCc2csc(N(C(C)=O)c3ccccc3F)n2)nc2sc(C)c(C)c2c1=O. The first-order valence-electron chi connectivity index (χ1n) is 9.94. The molecule has 0 unspecified atom stereocenters. The monoisotopic (exact) mass is 488 g/mol. The van der Waals surface area contributed by atoms with E-state index in [1.807, 2.05) is 26.2 Å². The molecule has 166 valence electrons. The zero-order valence-electron chi connectivity index (χ0n) is 18.0. The van der Waals surface area contributed by atoms with Gasteiger partial charge in [-0.2, -0.15) is 0 Å². The molecule has 4 aromatic rings. The smallest absolute Gasteiger partial charge is 0.263 e. The molecule has 0 radical (unpaired) electrons. The highest BCUT2D eigenvalue weighted by atomic mass is 32.2. The fourth-order valence-corrected chi connectivity index (χ4v) is 6.35. The molecule has 1 aromatic carbocycles. The third kappa shape index (κ3) is 4.10. The molecule has 10 heteroatoms. The van der Waals surface area contributed by atoms with E-state index in [1.54, 1.807) is 22.8 Å². The number of thiazole rings is 1. The summed E-state index contributed by atoms with van der Waals surface area (Å²) in [6.07, 6.45) is 0. The summed E-state index contributed by atoms with van der Waals surface area (Å²) >= 11 is 4.23. The number of halogens is 1. The fraction of sp³-hybridized carbons (Fsp3) is 0.273. The van der Waals surface area contributed by atoms with Gasteiger partial charge in [0.25, 0.3) is 5.56 Å². The van der Waals surface area contributed by atoms with Crippen LogP contribution in [0.15, 0.2) is 39.6 Å². The predicted molar refractivity (Wildman–Crippen MR) is 130 cm³/mol. The number of hydrogen-bond acceptors (Lipinski definition) is 7. The second-order valence-electron chi connectivity index (χ2n) is 7.12. The minimum absolute atomic E-state index is 0.0249. The van der Waals surface area contributed by atoms with Crippen molar-refractivity contribution < 1.29 is 9.18 Å². The van der Waals surface area contributed by atoms with Crippen LogP contribution in [0.1, 0.15) is 30.0 Å². The van der Waals surface area contributed by atoms with Crippen LogP contribution in [0.5, 0.6) is 0 Å². The number of anilines is 2. The number of thiophene rings is 1. The van der Waals surface area contributed by atoms with Gasteiger partial charge in [-0.1, -0.05) is 23.9 Å². The number of hydrogen-bond donors (Lipinski definition) is 0. The molecule has 0 saturated carbocycles. The first-order valence-corrected chi connectivity index (χ1v) is 12.6. The van der Waals surface area contributed by atoms with Crippen molar-refractivity contribution in [1.82, 2.24) is 14.5 Å². The maximum absolute atomic E-state index is 14.3. The van der Waals surface area contributed by atoms with Crippen LogP contribution in [-0.2, 0) is 17.1 Å². The second kappa shape index (κ2) is 9.13. The van der Waals surface area contributed by atoms with Crippen LogP contribution in [0.3, 0.4) is 0 Å². The Hall–Kier alpha value is -2.56. The summed E-state index contributed by atoms with van der Waals surface area (Å²) in [6.45, 7) is 7.78. The van der Waals surface area contributed by atoms with E-state index in [9.17, 15) is 14.0 Å². The first kappa shape index (κ1) is 22.6. The number of fused-ring (bicyclic) bond motifs is 1. The largest absolute Gasteiger partial charge is 0.287 e. The van der Waals surface area contributed by atoms with Gasteiger partial charge in [-0.3, -0.25) is 19.1 Å². The number of benzene rings is 1. The van der Waals surface area contributed by atoms with Gasteiger partial charge >= 0.3 is 0 Å². The Kier molecular flexibility index (Phi) is 6.45. The lowest BCUT2D eigenvalue weighted by atomic mass is 10.2. The van der Waals surface area contributed by atoms with Gasteiger partial charge in [0.15, 0.2) is 10.3 Å². The van der Waals surface area contributed by atoms with Crippen molar-refractivity contribution in [2.75, 3.05) is 4.90 Å². The lowest BCUT2D eigenvalue weighted by molar-refractivity contribution is -0.115. The maximum Gasteiger partial charge on any atom is 0.263 e. The van der Waals surface area contributed by atoms with E-state index in [-0.39, 0.29) is 17.2 Å². The molecule has 0 N–H and O–H groups in total. The van der Waals surface area contributed by atoms with Crippen molar-refractivity contribution in [3.05, 3.63) is 62.0 Å². The molecule has 0 aliphatic heterocycles. The number of carbonyl (C=O) groups is 1. The Labute approximate surface area is 196 Å². The van der Waals surface area contributed by atoms with Crippen LogP contribution in [0.25, 0.3) is 10.2 Å². The maximum atomic E-state index is 14.3. The average Bonchev–Trinajstić information content (AvgIpc) is 3.32. The van der Waals surface area contributed by atoms with E-state index < -0.39 is 5.82 Å². The van der Waals surface area contributed by atoms with Gasteiger partial charge < -0.3 is 0 Å². The number of thioether (sulfide) groups is 1. The zero-order chi connectivity index (χ0) is 23.0. The summed E-state index contributed by atoms with van der Waals surface area (Å²) in [5, 5.41) is 3.57. The predicted octanol–water partition coefficient (Wildman–Crippen LogP) is 5.67. The topological polar surface area (TPSA) is 68.1 Å². The molecule has 0 bridgehead atoms. The van der Waals surface area contributed by atoms with Crippen molar-refractivity contribution in [3.8, 4) is 0 Å². The number of carbonyl (C=O) groups excluding carboxylic acids is 1. The van der Waals surface area contributed by atoms with E-state index >= 15 is 0 Å². The number of para-hydroxylation sites is 1. The van der Waals surface area contributed by atoms with E-state index in [4.69, 9.17) is 4.98 Å². The average molecular weight is 489 g/mol. The molecule has 0 spiro atoms. The highest BCUT2D eigenvalue weighted by Gasteiger charge is 2.21. The Morgan fingerprint density at radius 2 is 2.00 bits per heavy atom. The summed E-state index contributed by atoms with van der Waals surface area (Å²) in [5.74, 6) is -0.334. The number of aromatic nitrogens is 3. The summed E-state index contributed by atoms with van der Waals surface area (Å²) in [6, 6.07) is 6.12. The Bertz CT molecular complexity index is 1380. The number of rotatable bonds is 6. The molecule has 3 heterocycles. The molecule has 1 amide bonds. The summed E-state index contributed by atoms with van der Waals surface area (Å²) < 4.78 is 16.0. The Balaban J connectivity index is 1.62. The van der Waals surface area contributed by atoms with Crippen molar-refractivity contribution in [2.45, 2.75) is 45.1 Å². The molecule has 6 nitrogen and oxygen atoms in total. The lowest BCUT2D eigenvalue weighted by Crippen LogP contribution is -2.23. The molecular weight excluding hydrogens is 467 g/mol. The van der Waals surface area contributed by atoms with Gasteiger partial charge in [0.05, 0.1) is 16.8 Å². The Morgan fingerprint density at radius 1 is 1.25 bits per heavy atom. The van der Waals surface area contributed by atoms with Gasteiger partial charge in [0.1, 0.15) is 10.6 Å². The van der Waals surface area contributed by atoms with Gasteiger partial charge in [-0.15, -0.1) is 22.7 Å². The van der Waals surface area contributed by atoms with Crippen molar-refractivity contribution >= 4 is 61.4 Å². The first-order chi connectivity index (χ1) is 15.3. The van der Waals surface area contributed by atoms with Crippen LogP contribution >= 0.6 is 34.4 Å². The van der Waals surface area contributed by atoms with E-state index in [0.717, 1.165) is 21.0 Å². The highest BCUT2D eigenvalue weighted by Crippen LogP contribution is 2.33. The standard InChI is InChI=1S/C22H21FN4O2S3/c1-5-26-20(29)18-12(2)13(3)32-19(18)25-21(26)30-10-15-11-31-22(24-15)27(14(4)28)17-9-7-6-8-16(17)23/h6-9,11H,5,10H2,1-4H3.